The van der Waals surface area contributed by atoms with Crippen molar-refractivity contribution in [1.82, 2.24) is 5.32 Å². The Hall–Kier alpha value is -1.39. The largest absolute Gasteiger partial charge is 0.462 e. The molecule has 1 spiro atoms. The van der Waals surface area contributed by atoms with Crippen molar-refractivity contribution in [1.29, 1.82) is 0 Å². The van der Waals surface area contributed by atoms with Gasteiger partial charge in [0.1, 0.15) is 11.7 Å². The fourth-order valence-electron chi connectivity index (χ4n) is 6.60. The molecule has 5 rings (SSSR count). The molecular weight excluding hydrogens is 338 g/mol. The van der Waals surface area contributed by atoms with E-state index in [0.29, 0.717) is 12.5 Å². The highest BCUT2D eigenvalue weighted by Crippen LogP contribution is 2.70. The van der Waals surface area contributed by atoms with Crippen LogP contribution in [0.25, 0.3) is 0 Å². The van der Waals surface area contributed by atoms with Crippen LogP contribution in [-0.2, 0) is 20.7 Å². The summed E-state index contributed by atoms with van der Waals surface area (Å²) < 4.78 is 12.4. The smallest absolute Gasteiger partial charge is 0.311 e. The maximum absolute atomic E-state index is 12.6. The molecule has 2 aliphatic heterocycles. The minimum Gasteiger partial charge on any atom is -0.462 e. The molecule has 1 aromatic rings. The second kappa shape index (κ2) is 6.31. The van der Waals surface area contributed by atoms with Gasteiger partial charge in [-0.25, -0.2) is 0 Å². The monoisotopic (exact) mass is 369 g/mol. The van der Waals surface area contributed by atoms with Crippen LogP contribution in [0.2, 0.25) is 0 Å². The van der Waals surface area contributed by atoms with Crippen molar-refractivity contribution >= 4 is 5.97 Å². The number of benzene rings is 1. The molecule has 4 nitrogen and oxygen atoms in total. The molecule has 2 saturated heterocycles. The Balaban J connectivity index is 1.25. The number of hydrogen-bond acceptors (Lipinski definition) is 4. The van der Waals surface area contributed by atoms with Crippen LogP contribution in [0.4, 0.5) is 0 Å². The van der Waals surface area contributed by atoms with Crippen molar-refractivity contribution in [2.75, 3.05) is 13.1 Å². The van der Waals surface area contributed by atoms with Gasteiger partial charge in [0.25, 0.3) is 0 Å². The predicted molar refractivity (Wildman–Crippen MR) is 103 cm³/mol. The van der Waals surface area contributed by atoms with Crippen LogP contribution in [0, 0.1) is 23.2 Å². The van der Waals surface area contributed by atoms with Crippen molar-refractivity contribution in [3.05, 3.63) is 35.9 Å². The predicted octanol–water partition coefficient (Wildman–Crippen LogP) is 3.34. The van der Waals surface area contributed by atoms with Gasteiger partial charge in [-0.3, -0.25) is 4.79 Å². The molecule has 27 heavy (non-hydrogen) atoms. The number of epoxide rings is 1. The molecule has 4 aliphatic rings. The van der Waals surface area contributed by atoms with Gasteiger partial charge >= 0.3 is 5.97 Å². The Kier molecular flexibility index (Phi) is 4.14. The minimum atomic E-state index is -0.0613. The number of ether oxygens (including phenoxy) is 2. The number of hydrogen-bond donors (Lipinski definition) is 1. The SMILES string of the molecule is C[C@H]1CCC[C@]2(C)C[C@H]3OC(=O)[C@H](CNCCc4ccccc4)[C@H]3[C@H]3O[C@]312. The molecule has 0 unspecified atom stereocenters. The zero-order valence-corrected chi connectivity index (χ0v) is 16.4. The third-order valence-corrected chi connectivity index (χ3v) is 7.99. The van der Waals surface area contributed by atoms with Crippen LogP contribution in [0.1, 0.15) is 45.1 Å². The zero-order chi connectivity index (χ0) is 18.6. The lowest BCUT2D eigenvalue weighted by atomic mass is 9.53. The molecule has 4 heteroatoms. The third kappa shape index (κ3) is 2.60. The van der Waals surface area contributed by atoms with Gasteiger partial charge in [0.05, 0.1) is 12.0 Å². The standard InChI is InChI=1S/C23H31NO3/c1-15-7-6-11-22(2)13-18-19(20-23(15,22)27-20)17(21(25)26-18)14-24-12-10-16-8-4-3-5-9-16/h3-5,8-9,15,17-20,24H,6-7,10-14H2,1-2H3/t15-,17+,18+,19+,20+,22+,23-/m0/s1. The normalized spacial score (nSPS) is 44.8. The average molecular weight is 370 g/mol. The first-order chi connectivity index (χ1) is 13.1. The summed E-state index contributed by atoms with van der Waals surface area (Å²) in [6.07, 6.45) is 5.94. The lowest BCUT2D eigenvalue weighted by molar-refractivity contribution is -0.146. The average Bonchev–Trinajstić information content (AvgIpc) is 3.34. The van der Waals surface area contributed by atoms with Crippen molar-refractivity contribution in [3.8, 4) is 0 Å². The summed E-state index contributed by atoms with van der Waals surface area (Å²) in [5.74, 6) is 0.742. The topological polar surface area (TPSA) is 50.9 Å². The van der Waals surface area contributed by atoms with Gasteiger partial charge in [0.2, 0.25) is 0 Å². The van der Waals surface area contributed by atoms with E-state index in [1.807, 2.05) is 6.07 Å². The number of fused-ring (bicyclic) bond motifs is 2. The minimum absolute atomic E-state index is 0.00266. The number of esters is 1. The molecule has 2 heterocycles. The van der Waals surface area contributed by atoms with Crippen LogP contribution in [-0.4, -0.2) is 36.9 Å². The van der Waals surface area contributed by atoms with Gasteiger partial charge in [0.15, 0.2) is 0 Å². The molecule has 0 radical (unpaired) electrons. The molecule has 0 aromatic heterocycles. The Labute approximate surface area is 162 Å². The van der Waals surface area contributed by atoms with Crippen LogP contribution in [0.15, 0.2) is 30.3 Å². The Bertz CT molecular complexity index is 722. The highest BCUT2D eigenvalue weighted by atomic mass is 16.6. The quantitative estimate of drug-likeness (QED) is 0.491. The molecule has 146 valence electrons. The van der Waals surface area contributed by atoms with Crippen molar-refractivity contribution < 1.29 is 14.3 Å². The van der Waals surface area contributed by atoms with E-state index in [9.17, 15) is 4.79 Å². The van der Waals surface area contributed by atoms with Crippen LogP contribution in [0.3, 0.4) is 0 Å². The molecule has 4 fully saturated rings. The van der Waals surface area contributed by atoms with Gasteiger partial charge in [-0.15, -0.1) is 0 Å². The first-order valence-corrected chi connectivity index (χ1v) is 10.7. The summed E-state index contributed by atoms with van der Waals surface area (Å²) in [6, 6.07) is 10.5. The summed E-state index contributed by atoms with van der Waals surface area (Å²) in [7, 11) is 0. The van der Waals surface area contributed by atoms with Gasteiger partial charge < -0.3 is 14.8 Å². The fourth-order valence-corrected chi connectivity index (χ4v) is 6.60. The summed E-state index contributed by atoms with van der Waals surface area (Å²) in [4.78, 5) is 12.6. The van der Waals surface area contributed by atoms with Crippen LogP contribution < -0.4 is 5.32 Å². The van der Waals surface area contributed by atoms with E-state index >= 15 is 0 Å². The van der Waals surface area contributed by atoms with Crippen molar-refractivity contribution in [2.24, 2.45) is 23.2 Å². The Morgan fingerprint density at radius 1 is 1.26 bits per heavy atom. The molecule has 2 aliphatic carbocycles. The highest BCUT2D eigenvalue weighted by Gasteiger charge is 2.78. The van der Waals surface area contributed by atoms with Crippen LogP contribution >= 0.6 is 0 Å². The third-order valence-electron chi connectivity index (χ3n) is 7.99. The van der Waals surface area contributed by atoms with E-state index in [2.05, 4.69) is 43.4 Å². The molecule has 0 bridgehead atoms. The van der Waals surface area contributed by atoms with E-state index < -0.39 is 0 Å². The summed E-state index contributed by atoms with van der Waals surface area (Å²) in [6.45, 7) is 6.31. The van der Waals surface area contributed by atoms with Crippen molar-refractivity contribution in [2.45, 2.75) is 63.8 Å². The maximum Gasteiger partial charge on any atom is 0.311 e. The van der Waals surface area contributed by atoms with E-state index in [1.165, 1.54) is 24.8 Å². The second-order valence-corrected chi connectivity index (χ2v) is 9.49. The highest BCUT2D eigenvalue weighted by molar-refractivity contribution is 5.76. The van der Waals surface area contributed by atoms with Crippen molar-refractivity contribution in [3.63, 3.8) is 0 Å². The van der Waals surface area contributed by atoms with E-state index in [0.717, 1.165) is 19.4 Å². The van der Waals surface area contributed by atoms with Gasteiger partial charge in [-0.1, -0.05) is 50.6 Å². The fraction of sp³-hybridized carbons (Fsp3) is 0.696. The number of nitrogens with one attached hydrogen (secondary N) is 1. The van der Waals surface area contributed by atoms with E-state index in [4.69, 9.17) is 9.47 Å². The van der Waals surface area contributed by atoms with Gasteiger partial charge in [-0.2, -0.15) is 0 Å². The summed E-state index contributed by atoms with van der Waals surface area (Å²) in [5.41, 5.74) is 1.50. The zero-order valence-electron chi connectivity index (χ0n) is 16.4. The Morgan fingerprint density at radius 2 is 2.07 bits per heavy atom. The van der Waals surface area contributed by atoms with E-state index in [1.54, 1.807) is 0 Å². The Morgan fingerprint density at radius 3 is 2.89 bits per heavy atom. The maximum atomic E-state index is 12.6. The molecule has 0 amide bonds. The molecular formula is C23H31NO3. The second-order valence-electron chi connectivity index (χ2n) is 9.49. The van der Waals surface area contributed by atoms with Gasteiger partial charge in [-0.05, 0) is 43.7 Å². The van der Waals surface area contributed by atoms with Gasteiger partial charge in [0, 0.05) is 17.9 Å². The number of carbonyl (C=O) groups excluding carboxylic acids is 1. The lowest BCUT2D eigenvalue weighted by Crippen LogP contribution is -2.54. The summed E-state index contributed by atoms with van der Waals surface area (Å²) >= 11 is 0. The lowest BCUT2D eigenvalue weighted by Gasteiger charge is -2.48. The molecule has 2 saturated carbocycles. The first-order valence-electron chi connectivity index (χ1n) is 10.7. The number of carbonyl (C=O) groups is 1. The first kappa shape index (κ1) is 17.7. The summed E-state index contributed by atoms with van der Waals surface area (Å²) in [5, 5.41) is 3.51. The molecule has 1 N–H and O–H groups in total. The number of rotatable bonds is 5. The van der Waals surface area contributed by atoms with E-state index in [-0.39, 0.29) is 41.0 Å². The van der Waals surface area contributed by atoms with Crippen LogP contribution in [0.5, 0.6) is 0 Å². The molecule has 1 aromatic carbocycles. The molecule has 7 atom stereocenters.